The highest BCUT2D eigenvalue weighted by molar-refractivity contribution is 6.01. The second kappa shape index (κ2) is 8.89. The van der Waals surface area contributed by atoms with Gasteiger partial charge in [0.05, 0.1) is 6.10 Å². The topological polar surface area (TPSA) is 107 Å². The number of Topliss-reactive ketones (excluding diaryl/α,β-unsaturated/α-hetero) is 1. The number of ether oxygens (including phenoxy) is 2. The van der Waals surface area contributed by atoms with Crippen LogP contribution < -0.4 is 0 Å². The summed E-state index contributed by atoms with van der Waals surface area (Å²) in [6.45, 7) is 7.98. The molecule has 7 nitrogen and oxygen atoms in total. The van der Waals surface area contributed by atoms with Gasteiger partial charge in [-0.25, -0.2) is 4.39 Å². The molecule has 0 aromatic carbocycles. The Hall–Kier alpha value is -2.35. The SMILES string of the molecule is CCCC(=O)O[C@]1(C(=O)COC(C)=O)CC[C@H]2[C@@H]3C[C@H](C)C4=CC(=O)C=C[C@]4(C)[C@@]3(F)[C@@H](O)C[C@@]21C. The van der Waals surface area contributed by atoms with Gasteiger partial charge < -0.3 is 14.6 Å². The Kier molecular flexibility index (Phi) is 6.60. The Morgan fingerprint density at radius 2 is 1.92 bits per heavy atom. The van der Waals surface area contributed by atoms with E-state index in [0.29, 0.717) is 24.8 Å². The number of alkyl halides is 1. The summed E-state index contributed by atoms with van der Waals surface area (Å²) < 4.78 is 28.4. The number of fused-ring (bicyclic) bond motifs is 5. The molecule has 0 unspecified atom stereocenters. The fourth-order valence-corrected chi connectivity index (χ4v) is 8.00. The molecule has 0 amide bonds. The number of allylic oxidation sites excluding steroid dienone is 4. The molecular weight excluding hydrogens is 467 g/mol. The number of ketones is 2. The third kappa shape index (κ3) is 3.54. The fourth-order valence-electron chi connectivity index (χ4n) is 8.00. The van der Waals surface area contributed by atoms with Crippen LogP contribution in [-0.4, -0.2) is 52.6 Å². The molecule has 0 aliphatic heterocycles. The second-order valence-corrected chi connectivity index (χ2v) is 11.6. The van der Waals surface area contributed by atoms with E-state index in [2.05, 4.69) is 0 Å². The van der Waals surface area contributed by atoms with Crippen molar-refractivity contribution in [3.8, 4) is 0 Å². The zero-order valence-electron chi connectivity index (χ0n) is 21.8. The van der Waals surface area contributed by atoms with E-state index in [0.717, 1.165) is 0 Å². The molecule has 0 radical (unpaired) electrons. The summed E-state index contributed by atoms with van der Waals surface area (Å²) in [5.41, 5.74) is -5.23. The first kappa shape index (κ1) is 26.7. The molecule has 4 rings (SSSR count). The zero-order chi connectivity index (χ0) is 26.7. The van der Waals surface area contributed by atoms with Crippen molar-refractivity contribution in [1.29, 1.82) is 0 Å². The van der Waals surface area contributed by atoms with Crippen molar-refractivity contribution in [2.45, 2.75) is 90.5 Å². The Balaban J connectivity index is 1.80. The Morgan fingerprint density at radius 3 is 2.56 bits per heavy atom. The first-order valence-electron chi connectivity index (χ1n) is 13.0. The van der Waals surface area contributed by atoms with E-state index in [4.69, 9.17) is 9.47 Å². The number of hydrogen-bond donors (Lipinski definition) is 1. The minimum atomic E-state index is -2.06. The lowest BCUT2D eigenvalue weighted by Gasteiger charge is -2.63. The minimum absolute atomic E-state index is 0.102. The first-order chi connectivity index (χ1) is 16.8. The highest BCUT2D eigenvalue weighted by atomic mass is 19.1. The predicted octanol–water partition coefficient (Wildman–Crippen LogP) is 3.82. The molecule has 0 spiro atoms. The largest absolute Gasteiger partial charge is 0.458 e. The molecule has 3 fully saturated rings. The molecule has 0 aromatic rings. The van der Waals surface area contributed by atoms with Crippen molar-refractivity contribution < 1.29 is 38.1 Å². The van der Waals surface area contributed by atoms with Crippen LogP contribution in [0.3, 0.4) is 0 Å². The van der Waals surface area contributed by atoms with Crippen molar-refractivity contribution >= 4 is 23.5 Å². The third-order valence-electron chi connectivity index (χ3n) is 9.69. The number of halogens is 1. The van der Waals surface area contributed by atoms with Crippen LogP contribution in [0.4, 0.5) is 4.39 Å². The minimum Gasteiger partial charge on any atom is -0.458 e. The van der Waals surface area contributed by atoms with Crippen LogP contribution in [0.5, 0.6) is 0 Å². The van der Waals surface area contributed by atoms with E-state index < -0.39 is 58.5 Å². The lowest BCUT2D eigenvalue weighted by molar-refractivity contribution is -0.228. The van der Waals surface area contributed by atoms with Gasteiger partial charge in [0.1, 0.15) is 0 Å². The summed E-state index contributed by atoms with van der Waals surface area (Å²) in [4.78, 5) is 50.0. The molecule has 0 saturated heterocycles. The molecule has 0 heterocycles. The van der Waals surface area contributed by atoms with Crippen LogP contribution in [-0.2, 0) is 28.7 Å². The molecule has 4 aliphatic carbocycles. The van der Waals surface area contributed by atoms with Crippen LogP contribution in [0.1, 0.15) is 73.1 Å². The highest BCUT2D eigenvalue weighted by Crippen LogP contribution is 2.71. The number of rotatable bonds is 6. The molecule has 0 aromatic heterocycles. The molecule has 8 atom stereocenters. The summed E-state index contributed by atoms with van der Waals surface area (Å²) >= 11 is 0. The van der Waals surface area contributed by atoms with Crippen LogP contribution in [0, 0.1) is 28.6 Å². The van der Waals surface area contributed by atoms with Crippen molar-refractivity contribution in [2.24, 2.45) is 28.6 Å². The summed E-state index contributed by atoms with van der Waals surface area (Å²) in [6, 6.07) is 0. The average molecular weight is 505 g/mol. The van der Waals surface area contributed by atoms with E-state index >= 15 is 4.39 Å². The van der Waals surface area contributed by atoms with E-state index in [-0.39, 0.29) is 36.9 Å². The summed E-state index contributed by atoms with van der Waals surface area (Å²) in [5, 5.41) is 11.5. The summed E-state index contributed by atoms with van der Waals surface area (Å²) in [5.74, 6) is -3.00. The quantitative estimate of drug-likeness (QED) is 0.548. The fraction of sp³-hybridized carbons (Fsp3) is 0.714. The van der Waals surface area contributed by atoms with E-state index in [1.165, 1.54) is 19.1 Å². The van der Waals surface area contributed by atoms with Gasteiger partial charge in [0, 0.05) is 30.1 Å². The van der Waals surface area contributed by atoms with E-state index in [1.54, 1.807) is 19.9 Å². The van der Waals surface area contributed by atoms with Crippen molar-refractivity contribution in [3.63, 3.8) is 0 Å². The van der Waals surface area contributed by atoms with Crippen LogP contribution in [0.2, 0.25) is 0 Å². The molecule has 3 saturated carbocycles. The van der Waals surface area contributed by atoms with Gasteiger partial charge in [-0.15, -0.1) is 0 Å². The Labute approximate surface area is 211 Å². The third-order valence-corrected chi connectivity index (χ3v) is 9.69. The lowest BCUT2D eigenvalue weighted by Crippen LogP contribution is -2.70. The molecule has 4 aliphatic rings. The Bertz CT molecular complexity index is 1050. The lowest BCUT2D eigenvalue weighted by atomic mass is 9.43. The molecular formula is C28H37FO7. The van der Waals surface area contributed by atoms with Gasteiger partial charge in [-0.1, -0.05) is 32.4 Å². The van der Waals surface area contributed by atoms with Crippen molar-refractivity contribution in [2.75, 3.05) is 6.61 Å². The van der Waals surface area contributed by atoms with Crippen molar-refractivity contribution in [1.82, 2.24) is 0 Å². The van der Waals surface area contributed by atoms with E-state index in [9.17, 15) is 24.3 Å². The van der Waals surface area contributed by atoms with Crippen LogP contribution in [0.15, 0.2) is 23.8 Å². The normalized spacial score (nSPS) is 43.1. The first-order valence-corrected chi connectivity index (χ1v) is 13.0. The van der Waals surface area contributed by atoms with Crippen LogP contribution in [0.25, 0.3) is 0 Å². The summed E-state index contributed by atoms with van der Waals surface area (Å²) in [7, 11) is 0. The Morgan fingerprint density at radius 1 is 1.22 bits per heavy atom. The second-order valence-electron chi connectivity index (χ2n) is 11.6. The standard InChI is InChI=1S/C28H37FO7/c1-6-7-24(34)36-27(23(33)15-35-17(3)30)11-9-19-21-12-16(2)20-13-18(31)8-10-25(20,4)28(21,29)22(32)14-26(19,27)5/h8,10,13,16,19,21-22,32H,6-7,9,11-12,14-15H2,1-5H3/t16-,19-,21-,22-,25-,26-,27-,28-/m0/s1. The average Bonchev–Trinajstić information content (AvgIpc) is 3.08. The maximum atomic E-state index is 17.4. The number of aliphatic hydroxyl groups is 1. The van der Waals surface area contributed by atoms with Gasteiger partial charge in [-0.3, -0.25) is 19.2 Å². The molecule has 0 bridgehead atoms. The van der Waals surface area contributed by atoms with Crippen molar-refractivity contribution in [3.05, 3.63) is 23.8 Å². The monoisotopic (exact) mass is 504 g/mol. The van der Waals surface area contributed by atoms with Gasteiger partial charge in [0.2, 0.25) is 5.78 Å². The molecule has 8 heteroatoms. The molecule has 198 valence electrons. The highest BCUT2D eigenvalue weighted by Gasteiger charge is 2.76. The number of carbonyl (C=O) groups excluding carboxylic acids is 4. The number of hydrogen-bond acceptors (Lipinski definition) is 7. The van der Waals surface area contributed by atoms with Gasteiger partial charge in [-0.2, -0.15) is 0 Å². The smallest absolute Gasteiger partial charge is 0.306 e. The number of carbonyl (C=O) groups is 4. The van der Waals surface area contributed by atoms with Gasteiger partial charge >= 0.3 is 11.9 Å². The maximum Gasteiger partial charge on any atom is 0.306 e. The predicted molar refractivity (Wildman–Crippen MR) is 128 cm³/mol. The number of esters is 2. The zero-order valence-corrected chi connectivity index (χ0v) is 21.8. The molecule has 36 heavy (non-hydrogen) atoms. The van der Waals surface area contributed by atoms with Crippen LogP contribution >= 0.6 is 0 Å². The summed E-state index contributed by atoms with van der Waals surface area (Å²) in [6.07, 6.45) is 4.53. The van der Waals surface area contributed by atoms with Gasteiger partial charge in [0.15, 0.2) is 23.7 Å². The van der Waals surface area contributed by atoms with Gasteiger partial charge in [0.25, 0.3) is 0 Å². The van der Waals surface area contributed by atoms with Gasteiger partial charge in [-0.05, 0) is 63.0 Å². The maximum absolute atomic E-state index is 17.4. The molecule has 1 N–H and O–H groups in total. The van der Waals surface area contributed by atoms with E-state index in [1.807, 2.05) is 13.8 Å². The number of aliphatic hydroxyl groups excluding tert-OH is 1.